The van der Waals surface area contributed by atoms with E-state index in [0.717, 1.165) is 61.0 Å². The number of nitrogens with zero attached hydrogens (tertiary/aromatic N) is 8. The Kier molecular flexibility index (Phi) is 28.8. The van der Waals surface area contributed by atoms with Crippen molar-refractivity contribution in [3.63, 3.8) is 0 Å². The number of hydrogen-bond acceptors (Lipinski definition) is 12. The minimum atomic E-state index is -4.43. The molecule has 5 rings (SSSR count). The minimum Gasteiger partial charge on any atom is -0.481 e. The zero-order chi connectivity index (χ0) is 61.7. The molecule has 0 spiro atoms. The molecule has 1 fully saturated rings. The van der Waals surface area contributed by atoms with E-state index in [1.807, 2.05) is 24.3 Å². The van der Waals surface area contributed by atoms with Crippen LogP contribution in [0.25, 0.3) is 0 Å². The maximum absolute atomic E-state index is 12.8. The molecule has 0 N–H and O–H groups in total. The highest BCUT2D eigenvalue weighted by atomic mass is 19.4. The number of rotatable bonds is 20. The van der Waals surface area contributed by atoms with Crippen LogP contribution in [0.4, 0.5) is 26.3 Å². The molecule has 4 aromatic rings. The lowest BCUT2D eigenvalue weighted by molar-refractivity contribution is -0.154. The fourth-order valence-corrected chi connectivity index (χ4v) is 11.0. The second kappa shape index (κ2) is 34.3. The van der Waals surface area contributed by atoms with E-state index in [-0.39, 0.29) is 60.1 Å². The Morgan fingerprint density at radius 2 is 0.738 bits per heavy atom. The van der Waals surface area contributed by atoms with Crippen molar-refractivity contribution in [3.05, 3.63) is 95.6 Å². The smallest absolute Gasteiger partial charge is 0.422 e. The average Bonchev–Trinajstić information content (AvgIpc) is 4.18. The van der Waals surface area contributed by atoms with Gasteiger partial charge in [0.15, 0.2) is 24.7 Å². The van der Waals surface area contributed by atoms with E-state index in [1.165, 1.54) is 24.8 Å². The van der Waals surface area contributed by atoms with Gasteiger partial charge >= 0.3 is 12.4 Å². The summed E-state index contributed by atoms with van der Waals surface area (Å²) in [6, 6.07) is 17.1. The number of benzene rings is 2. The van der Waals surface area contributed by atoms with Crippen molar-refractivity contribution in [2.24, 2.45) is 23.7 Å². The first-order valence-corrected chi connectivity index (χ1v) is 30.4. The summed E-state index contributed by atoms with van der Waals surface area (Å²) in [5.74, 6) is 1.86. The maximum atomic E-state index is 12.8. The molecule has 2 aromatic heterocycles. The van der Waals surface area contributed by atoms with Gasteiger partial charge in [-0.3, -0.25) is 29.0 Å². The fraction of sp³-hybridized carbons (Fsp3) is 0.719. The molecular weight excluding hydrogens is 1090 g/mol. The summed E-state index contributed by atoms with van der Waals surface area (Å²) < 4.78 is 118. The highest BCUT2D eigenvalue weighted by molar-refractivity contribution is 5.25. The summed E-state index contributed by atoms with van der Waals surface area (Å²) in [6.07, 6.45) is 1.45. The molecule has 84 heavy (non-hydrogen) atoms. The van der Waals surface area contributed by atoms with Crippen LogP contribution < -0.4 is 9.47 Å². The van der Waals surface area contributed by atoms with Crippen molar-refractivity contribution in [1.82, 2.24) is 39.2 Å². The van der Waals surface area contributed by atoms with Crippen LogP contribution in [-0.4, -0.2) is 194 Å². The van der Waals surface area contributed by atoms with Crippen molar-refractivity contribution in [2.75, 3.05) is 94.0 Å². The van der Waals surface area contributed by atoms with E-state index < -0.39 is 25.6 Å². The van der Waals surface area contributed by atoms with Gasteiger partial charge in [0.05, 0.1) is 88.7 Å². The predicted octanol–water partition coefficient (Wildman–Crippen LogP) is 11.8. The van der Waals surface area contributed by atoms with Crippen LogP contribution in [0.3, 0.4) is 0 Å². The van der Waals surface area contributed by atoms with E-state index in [1.54, 1.807) is 9.36 Å². The highest BCUT2D eigenvalue weighted by Gasteiger charge is 2.31. The molecule has 2 aromatic carbocycles. The maximum Gasteiger partial charge on any atom is 0.422 e. The van der Waals surface area contributed by atoms with Gasteiger partial charge in [0.2, 0.25) is 0 Å². The first-order valence-electron chi connectivity index (χ1n) is 30.4. The highest BCUT2D eigenvalue weighted by Crippen LogP contribution is 2.24. The molecular formula is C64H102F6N8O6. The molecule has 3 heterocycles. The molecule has 20 heteroatoms. The molecule has 1 aliphatic heterocycles. The van der Waals surface area contributed by atoms with Crippen molar-refractivity contribution in [1.29, 1.82) is 0 Å². The quantitative estimate of drug-likeness (QED) is 0.0787. The second-order valence-corrected chi connectivity index (χ2v) is 25.7. The van der Waals surface area contributed by atoms with Crippen LogP contribution in [0.2, 0.25) is 0 Å². The molecule has 0 radical (unpaired) electrons. The predicted molar refractivity (Wildman–Crippen MR) is 320 cm³/mol. The number of halogens is 6. The van der Waals surface area contributed by atoms with Gasteiger partial charge in [-0.05, 0) is 126 Å². The summed E-state index contributed by atoms with van der Waals surface area (Å²) in [6.45, 7) is 25.5. The van der Waals surface area contributed by atoms with E-state index in [0.29, 0.717) is 89.1 Å². The van der Waals surface area contributed by atoms with Gasteiger partial charge < -0.3 is 28.4 Å². The van der Waals surface area contributed by atoms with Crippen LogP contribution in [-0.2, 0) is 44.9 Å². The molecule has 0 amide bonds. The zero-order valence-corrected chi connectivity index (χ0v) is 52.9. The standard InChI is InChI=1S/C64H102F6N8O6/c1-45(2)23-55-39-79-49(9)31-73(11)58(26-48(7)8)42-82-60(28-52-17-21-54(22-18-52)34-78-38-62(30-72-78)84-44-64(68,69)70)36-76(14)56(24-46(3)4)40-80-50(10)32-74(12)57(25-47(5)6)41-81-59(35-75(55)13)27-51-15-19-53(20-16-51)33-77-37-61(29-71-77)83-43-63(65,66)67/h15-22,29-30,37-38,45-50,55-60H,23-28,31-36,39-44H2,1-14H3/t49-,50-,55+,56+,57+,58+,59-,60-/m1/s1. The van der Waals surface area contributed by atoms with E-state index >= 15 is 0 Å². The normalized spacial score (nSPS) is 24.1. The SMILES string of the molecule is CC(C)C[C@H]1CO[C@H](C)CN(C)[C@@H](CC(C)C)CO[C@H](Cc2ccc(Cn3cc(OCC(F)(F)F)cn3)cc2)CN(C)[C@@H](CC(C)C)CO[C@H](C)CN(C)[C@@H](CC(C)C)CO[C@H](Cc2ccc(Cn3cc(OCC(F)(F)F)cn3)cc2)CN1C. The Bertz CT molecular complexity index is 2240. The van der Waals surface area contributed by atoms with Crippen LogP contribution in [0, 0.1) is 23.7 Å². The minimum absolute atomic E-state index is 0.0581. The molecule has 1 aliphatic rings. The van der Waals surface area contributed by atoms with E-state index in [9.17, 15) is 26.3 Å². The number of ether oxygens (including phenoxy) is 6. The number of alkyl halides is 6. The Labute approximate surface area is 498 Å². The Morgan fingerprint density at radius 1 is 0.452 bits per heavy atom. The lowest BCUT2D eigenvalue weighted by Gasteiger charge is -2.37. The molecule has 8 atom stereocenters. The molecule has 0 saturated carbocycles. The van der Waals surface area contributed by atoms with Gasteiger partial charge in [-0.1, -0.05) is 104 Å². The summed E-state index contributed by atoms with van der Waals surface area (Å²) in [5, 5.41) is 8.45. The third-order valence-electron chi connectivity index (χ3n) is 15.4. The molecule has 0 bridgehead atoms. The Morgan fingerprint density at radius 3 is 1.04 bits per heavy atom. The lowest BCUT2D eigenvalue weighted by atomic mass is 10.0. The van der Waals surface area contributed by atoms with Crippen molar-refractivity contribution in [2.45, 2.75) is 182 Å². The van der Waals surface area contributed by atoms with Gasteiger partial charge in [-0.15, -0.1) is 0 Å². The Balaban J connectivity index is 1.38. The molecule has 0 aliphatic carbocycles. The second-order valence-electron chi connectivity index (χ2n) is 25.7. The average molecular weight is 1190 g/mol. The first-order chi connectivity index (χ1) is 39.5. The lowest BCUT2D eigenvalue weighted by Crippen LogP contribution is -2.47. The zero-order valence-electron chi connectivity index (χ0n) is 52.9. The summed E-state index contributed by atoms with van der Waals surface area (Å²) in [7, 11) is 8.75. The summed E-state index contributed by atoms with van der Waals surface area (Å²) >= 11 is 0. The van der Waals surface area contributed by atoms with Gasteiger partial charge in [-0.2, -0.15) is 36.5 Å². The summed E-state index contributed by atoms with van der Waals surface area (Å²) in [5.41, 5.74) is 4.16. The van der Waals surface area contributed by atoms with Gasteiger partial charge in [0, 0.05) is 50.3 Å². The number of aromatic nitrogens is 4. The van der Waals surface area contributed by atoms with Crippen molar-refractivity contribution >= 4 is 0 Å². The molecule has 476 valence electrons. The van der Waals surface area contributed by atoms with Crippen molar-refractivity contribution in [3.8, 4) is 11.5 Å². The summed E-state index contributed by atoms with van der Waals surface area (Å²) in [4.78, 5) is 9.66. The largest absolute Gasteiger partial charge is 0.481 e. The van der Waals surface area contributed by atoms with E-state index in [4.69, 9.17) is 28.4 Å². The monoisotopic (exact) mass is 1190 g/mol. The van der Waals surface area contributed by atoms with Crippen molar-refractivity contribution < 1.29 is 54.8 Å². The van der Waals surface area contributed by atoms with Gasteiger partial charge in [-0.25, -0.2) is 0 Å². The van der Waals surface area contributed by atoms with Crippen LogP contribution >= 0.6 is 0 Å². The molecule has 1 saturated heterocycles. The first kappa shape index (κ1) is 70.5. The van der Waals surface area contributed by atoms with E-state index in [2.05, 4.69) is 151 Å². The number of hydrogen-bond donors (Lipinski definition) is 0. The van der Waals surface area contributed by atoms with Crippen LogP contribution in [0.15, 0.2) is 73.3 Å². The molecule has 0 unspecified atom stereocenters. The Hall–Kier alpha value is -4.28. The third kappa shape index (κ3) is 27.2. The fourth-order valence-electron chi connectivity index (χ4n) is 11.0. The van der Waals surface area contributed by atoms with Gasteiger partial charge in [0.25, 0.3) is 0 Å². The topological polar surface area (TPSA) is 104 Å². The third-order valence-corrected chi connectivity index (χ3v) is 15.4. The van der Waals surface area contributed by atoms with Crippen LogP contribution in [0.1, 0.15) is 117 Å². The number of likely N-dealkylation sites (N-methyl/N-ethyl adjacent to an activating group) is 4. The van der Waals surface area contributed by atoms with Gasteiger partial charge in [0.1, 0.15) is 0 Å². The molecule has 14 nitrogen and oxygen atoms in total. The van der Waals surface area contributed by atoms with Crippen LogP contribution in [0.5, 0.6) is 11.5 Å².